The summed E-state index contributed by atoms with van der Waals surface area (Å²) in [6.07, 6.45) is -0.815. The molecule has 0 heterocycles. The van der Waals surface area contributed by atoms with Gasteiger partial charge in [-0.15, -0.1) is 0 Å². The van der Waals surface area contributed by atoms with E-state index in [2.05, 4.69) is 0 Å². The van der Waals surface area contributed by atoms with E-state index in [-0.39, 0.29) is 4.92 Å². The first-order chi connectivity index (χ1) is 2.64. The average molecular weight is 91.1 g/mol. The molecule has 0 aromatic heterocycles. The van der Waals surface area contributed by atoms with Crippen LogP contribution in [-0.4, -0.2) is 16.3 Å². The van der Waals surface area contributed by atoms with E-state index in [1.165, 1.54) is 6.92 Å². The van der Waals surface area contributed by atoms with Gasteiger partial charge in [0.15, 0.2) is 0 Å². The average Bonchev–Trinajstić information content (AvgIpc) is 1.36. The van der Waals surface area contributed by atoms with Crippen molar-refractivity contribution in [2.45, 2.75) is 13.1 Å². The maximum atomic E-state index is 9.49. The van der Waals surface area contributed by atoms with Gasteiger partial charge in [-0.05, 0) is 0 Å². The molecule has 0 aromatic rings. The van der Waals surface area contributed by atoms with Crippen molar-refractivity contribution in [3.63, 3.8) is 0 Å². The Morgan fingerprint density at radius 2 is 2.17 bits per heavy atom. The Bertz CT molecular complexity index is 60.6. The second-order valence-corrected chi connectivity index (χ2v) is 1.04. The molecule has 0 aromatic carbocycles. The zero-order chi connectivity index (χ0) is 5.15. The van der Waals surface area contributed by atoms with Gasteiger partial charge in [0.2, 0.25) is 4.92 Å². The summed E-state index contributed by atoms with van der Waals surface area (Å²) in [6.45, 7) is 1.38. The molecule has 0 rings (SSSR count). The van der Waals surface area contributed by atoms with Crippen LogP contribution in [0, 0.1) is 4.91 Å². The minimum absolute atomic E-state index is 0.306. The van der Waals surface area contributed by atoms with Crippen LogP contribution in [0.5, 0.6) is 0 Å². The van der Waals surface area contributed by atoms with Crippen LogP contribution in [0.1, 0.15) is 6.92 Å². The van der Waals surface area contributed by atoms with E-state index in [0.29, 0.717) is 0 Å². The van der Waals surface area contributed by atoms with Crippen LogP contribution in [0.2, 0.25) is 0 Å². The van der Waals surface area contributed by atoms with Gasteiger partial charge in [-0.25, -0.2) is 5.21 Å². The molecule has 0 aliphatic carbocycles. The third-order valence-corrected chi connectivity index (χ3v) is 0.348. The molecule has 1 atom stereocenters. The summed E-state index contributed by atoms with van der Waals surface area (Å²) in [6, 6.07) is 0. The maximum Gasteiger partial charge on any atom is 0.305 e. The van der Waals surface area contributed by atoms with Crippen LogP contribution < -0.4 is 5.73 Å². The monoisotopic (exact) mass is 91.1 g/mol. The molecule has 0 radical (unpaired) electrons. The smallest absolute Gasteiger partial charge is 0.265 e. The molecule has 0 saturated carbocycles. The predicted octanol–water partition coefficient (Wildman–Crippen LogP) is -0.541. The normalized spacial score (nSPS) is 13.7. The lowest BCUT2D eigenvalue weighted by atomic mass is 10.7. The summed E-state index contributed by atoms with van der Waals surface area (Å²) < 4.78 is 0. The highest BCUT2D eigenvalue weighted by Gasteiger charge is 2.08. The zero-order valence-corrected chi connectivity index (χ0v) is 3.46. The van der Waals surface area contributed by atoms with Gasteiger partial charge in [0.05, 0.1) is 4.91 Å². The maximum absolute atomic E-state index is 9.49. The standard InChI is InChI=1S/C2H7N2O2/c1-2(3)4(5)6/h2H,3H2,1H3,(H,5,6)/q+1. The van der Waals surface area contributed by atoms with Gasteiger partial charge in [-0.2, -0.15) is 0 Å². The molecule has 4 heteroatoms. The van der Waals surface area contributed by atoms with Crippen molar-refractivity contribution in [1.29, 1.82) is 0 Å². The van der Waals surface area contributed by atoms with E-state index in [9.17, 15) is 4.91 Å². The highest BCUT2D eigenvalue weighted by Crippen LogP contribution is 1.67. The SMILES string of the molecule is CC(N)[N+](=O)O. The Hall–Kier alpha value is -0.640. The molecular weight excluding hydrogens is 84.0 g/mol. The van der Waals surface area contributed by atoms with Gasteiger partial charge in [0.1, 0.15) is 0 Å². The van der Waals surface area contributed by atoms with Crippen LogP contribution in [0.4, 0.5) is 0 Å². The Morgan fingerprint density at radius 3 is 2.17 bits per heavy atom. The number of nitrogens with two attached hydrogens (primary N) is 1. The van der Waals surface area contributed by atoms with E-state index in [1.54, 1.807) is 0 Å². The van der Waals surface area contributed by atoms with Crippen LogP contribution >= 0.6 is 0 Å². The molecule has 36 valence electrons. The number of rotatable bonds is 1. The van der Waals surface area contributed by atoms with Crippen molar-refractivity contribution in [3.05, 3.63) is 4.91 Å². The molecule has 0 fully saturated rings. The first-order valence-electron chi connectivity index (χ1n) is 1.55. The Labute approximate surface area is 35.1 Å². The van der Waals surface area contributed by atoms with E-state index < -0.39 is 6.17 Å². The third kappa shape index (κ3) is 1.66. The van der Waals surface area contributed by atoms with Gasteiger partial charge in [-0.1, -0.05) is 0 Å². The lowest BCUT2D eigenvalue weighted by Crippen LogP contribution is -2.26. The Balaban J connectivity index is 3.26. The second-order valence-electron chi connectivity index (χ2n) is 1.04. The quantitative estimate of drug-likeness (QED) is 0.336. The van der Waals surface area contributed by atoms with Crippen molar-refractivity contribution in [1.82, 2.24) is 0 Å². The van der Waals surface area contributed by atoms with Crippen molar-refractivity contribution >= 4 is 0 Å². The predicted molar refractivity (Wildman–Crippen MR) is 19.1 cm³/mol. The fourth-order valence-corrected chi connectivity index (χ4v) is 0. The molecule has 0 aliphatic heterocycles. The number of nitrogens with zero attached hydrogens (tertiary/aromatic N) is 1. The summed E-state index contributed by atoms with van der Waals surface area (Å²) >= 11 is 0. The number of hydrogen-bond acceptors (Lipinski definition) is 2. The topological polar surface area (TPSA) is 66.3 Å². The first-order valence-corrected chi connectivity index (χ1v) is 1.55. The molecule has 3 N–H and O–H groups in total. The highest BCUT2D eigenvalue weighted by molar-refractivity contribution is 4.18. The summed E-state index contributed by atoms with van der Waals surface area (Å²) in [5.41, 5.74) is 4.80. The summed E-state index contributed by atoms with van der Waals surface area (Å²) in [4.78, 5) is 9.19. The van der Waals surface area contributed by atoms with Gasteiger partial charge in [0.25, 0.3) is 0 Å². The second kappa shape index (κ2) is 1.71. The van der Waals surface area contributed by atoms with Gasteiger partial charge >= 0.3 is 6.17 Å². The summed E-state index contributed by atoms with van der Waals surface area (Å²) in [5.74, 6) is 0. The number of hydrogen-bond donors (Lipinski definition) is 2. The summed E-state index contributed by atoms with van der Waals surface area (Å²) in [7, 11) is 0. The van der Waals surface area contributed by atoms with Gasteiger partial charge < -0.3 is 0 Å². The van der Waals surface area contributed by atoms with Gasteiger partial charge in [0, 0.05) is 6.92 Å². The minimum Gasteiger partial charge on any atom is -0.265 e. The summed E-state index contributed by atoms with van der Waals surface area (Å²) in [5, 5.41) is 7.78. The van der Waals surface area contributed by atoms with E-state index in [0.717, 1.165) is 0 Å². The molecule has 0 spiro atoms. The Morgan fingerprint density at radius 1 is 2.00 bits per heavy atom. The molecule has 0 saturated heterocycles. The molecular formula is C2H7N2O2+. The van der Waals surface area contributed by atoms with Crippen molar-refractivity contribution < 1.29 is 10.1 Å². The molecule has 0 aliphatic rings. The van der Waals surface area contributed by atoms with Crippen LogP contribution in [-0.2, 0) is 0 Å². The van der Waals surface area contributed by atoms with E-state index >= 15 is 0 Å². The lowest BCUT2D eigenvalue weighted by molar-refractivity contribution is -0.812. The zero-order valence-electron chi connectivity index (χ0n) is 3.46. The van der Waals surface area contributed by atoms with Crippen LogP contribution in [0.3, 0.4) is 0 Å². The van der Waals surface area contributed by atoms with Crippen molar-refractivity contribution in [2.24, 2.45) is 5.73 Å². The van der Waals surface area contributed by atoms with E-state index in [4.69, 9.17) is 10.9 Å². The van der Waals surface area contributed by atoms with Crippen LogP contribution in [0.15, 0.2) is 0 Å². The van der Waals surface area contributed by atoms with Crippen molar-refractivity contribution in [2.75, 3.05) is 0 Å². The first kappa shape index (κ1) is 5.36. The lowest BCUT2D eigenvalue weighted by Gasteiger charge is -1.79. The Kier molecular flexibility index (Phi) is 1.53. The van der Waals surface area contributed by atoms with Crippen LogP contribution in [0.25, 0.3) is 0 Å². The van der Waals surface area contributed by atoms with Gasteiger partial charge in [-0.3, -0.25) is 5.73 Å². The molecule has 4 nitrogen and oxygen atoms in total. The molecule has 0 bridgehead atoms. The highest BCUT2D eigenvalue weighted by atomic mass is 16.6. The fourth-order valence-electron chi connectivity index (χ4n) is 0. The minimum atomic E-state index is -0.815. The van der Waals surface area contributed by atoms with E-state index in [1.807, 2.05) is 0 Å². The molecule has 1 unspecified atom stereocenters. The molecule has 6 heavy (non-hydrogen) atoms. The molecule has 0 amide bonds. The largest absolute Gasteiger partial charge is 0.305 e. The fraction of sp³-hybridized carbons (Fsp3) is 1.00. The third-order valence-electron chi connectivity index (χ3n) is 0.348. The van der Waals surface area contributed by atoms with Crippen molar-refractivity contribution in [3.8, 4) is 0 Å².